The quantitative estimate of drug-likeness (QED) is 0.156. The standard InChI is InChI=1S/C32H42N6O2/c1-33-31-27-14-18-38(32(27)37-22-36-31)28-20-26(29(39)30(28)40)21-35-16-6-15-34-17-13-25-10-5-9-24(19-25)12-11-23-7-3-2-4-8-23/h2-5,7-10,14,18-19,22,26,28-30,34-35,39-40H,6,11-13,15-17,20-21H2,1H3,(H,33,36,37)/t26-,28-,29-,30+/m1/s1. The molecule has 5 N–H and O–H groups in total. The van der Waals surface area contributed by atoms with E-state index in [0.717, 1.165) is 62.2 Å². The average molecular weight is 543 g/mol. The molecule has 2 aromatic carbocycles. The minimum absolute atomic E-state index is 0.00909. The molecule has 2 aromatic heterocycles. The Hall–Kier alpha value is -3.30. The van der Waals surface area contributed by atoms with Gasteiger partial charge in [0.05, 0.1) is 17.5 Å². The van der Waals surface area contributed by atoms with Crippen LogP contribution in [0.4, 0.5) is 5.82 Å². The number of benzene rings is 2. The minimum atomic E-state index is -0.825. The number of anilines is 1. The molecule has 0 radical (unpaired) electrons. The average Bonchev–Trinajstić information content (AvgIpc) is 3.54. The van der Waals surface area contributed by atoms with E-state index in [1.54, 1.807) is 0 Å². The van der Waals surface area contributed by atoms with Crippen LogP contribution in [0.3, 0.4) is 0 Å². The number of rotatable bonds is 14. The second kappa shape index (κ2) is 13.9. The van der Waals surface area contributed by atoms with Crippen LogP contribution in [-0.2, 0) is 19.3 Å². The van der Waals surface area contributed by atoms with Gasteiger partial charge in [-0.1, -0.05) is 54.6 Å². The van der Waals surface area contributed by atoms with Crippen molar-refractivity contribution < 1.29 is 10.2 Å². The molecule has 40 heavy (non-hydrogen) atoms. The lowest BCUT2D eigenvalue weighted by atomic mass is 10.0. The zero-order valence-electron chi connectivity index (χ0n) is 23.3. The maximum Gasteiger partial charge on any atom is 0.145 e. The van der Waals surface area contributed by atoms with Gasteiger partial charge in [0.2, 0.25) is 0 Å². The molecule has 212 valence electrons. The molecule has 0 bridgehead atoms. The van der Waals surface area contributed by atoms with Crippen LogP contribution in [0.2, 0.25) is 0 Å². The van der Waals surface area contributed by atoms with Gasteiger partial charge in [0.15, 0.2) is 0 Å². The van der Waals surface area contributed by atoms with Crippen molar-refractivity contribution in [2.24, 2.45) is 5.92 Å². The molecule has 8 nitrogen and oxygen atoms in total. The molecule has 4 aromatic rings. The van der Waals surface area contributed by atoms with Crippen LogP contribution in [0, 0.1) is 5.92 Å². The number of nitrogens with one attached hydrogen (secondary N) is 3. The number of fused-ring (bicyclic) bond motifs is 1. The molecule has 1 saturated carbocycles. The Kier molecular flexibility index (Phi) is 9.78. The molecule has 0 spiro atoms. The third-order valence-electron chi connectivity index (χ3n) is 8.12. The third-order valence-corrected chi connectivity index (χ3v) is 8.12. The van der Waals surface area contributed by atoms with Gasteiger partial charge >= 0.3 is 0 Å². The van der Waals surface area contributed by atoms with Crippen molar-refractivity contribution in [3.8, 4) is 0 Å². The van der Waals surface area contributed by atoms with Crippen LogP contribution in [-0.4, -0.2) is 70.2 Å². The normalized spacial score (nSPS) is 20.8. The number of aliphatic hydroxyl groups excluding tert-OH is 2. The van der Waals surface area contributed by atoms with Crippen molar-refractivity contribution in [1.29, 1.82) is 0 Å². The van der Waals surface area contributed by atoms with Crippen LogP contribution in [0.5, 0.6) is 0 Å². The van der Waals surface area contributed by atoms with Gasteiger partial charge in [0.1, 0.15) is 23.9 Å². The van der Waals surface area contributed by atoms with Gasteiger partial charge in [-0.3, -0.25) is 0 Å². The Morgan fingerprint density at radius 3 is 2.40 bits per heavy atom. The number of nitrogens with zero attached hydrogens (tertiary/aromatic N) is 3. The summed E-state index contributed by atoms with van der Waals surface area (Å²) in [7, 11) is 1.83. The molecule has 1 aliphatic carbocycles. The maximum absolute atomic E-state index is 10.8. The van der Waals surface area contributed by atoms with Crippen LogP contribution in [0.1, 0.15) is 35.6 Å². The third kappa shape index (κ3) is 6.88. The summed E-state index contributed by atoms with van der Waals surface area (Å²) in [5.41, 5.74) is 4.93. The SMILES string of the molecule is CNc1ncnc2c1ccn2[C@@H]1C[C@H](CNCCCNCCc2cccc(CCc3ccccc3)c2)[C@@H](O)[C@H]1O. The summed E-state index contributed by atoms with van der Waals surface area (Å²) in [6.45, 7) is 3.46. The summed E-state index contributed by atoms with van der Waals surface area (Å²) in [6, 6.07) is 21.4. The molecule has 0 aliphatic heterocycles. The Bertz CT molecular complexity index is 1340. The molecule has 0 amide bonds. The van der Waals surface area contributed by atoms with E-state index in [2.05, 4.69) is 80.5 Å². The summed E-state index contributed by atoms with van der Waals surface area (Å²) in [6.07, 6.45) is 6.74. The Balaban J connectivity index is 0.987. The fourth-order valence-electron chi connectivity index (χ4n) is 5.87. The van der Waals surface area contributed by atoms with Gasteiger partial charge in [-0.25, -0.2) is 9.97 Å². The van der Waals surface area contributed by atoms with Crippen LogP contribution >= 0.6 is 0 Å². The maximum atomic E-state index is 10.8. The van der Waals surface area contributed by atoms with Crippen LogP contribution in [0.25, 0.3) is 11.0 Å². The fraction of sp³-hybridized carbons (Fsp3) is 0.438. The van der Waals surface area contributed by atoms with Crippen molar-refractivity contribution >= 4 is 16.9 Å². The number of hydrogen-bond donors (Lipinski definition) is 5. The molecule has 0 unspecified atom stereocenters. The highest BCUT2D eigenvalue weighted by molar-refractivity contribution is 5.87. The molecule has 4 atom stereocenters. The largest absolute Gasteiger partial charge is 0.390 e. The first-order valence-electron chi connectivity index (χ1n) is 14.5. The lowest BCUT2D eigenvalue weighted by Crippen LogP contribution is -2.34. The zero-order valence-corrected chi connectivity index (χ0v) is 23.3. The summed E-state index contributed by atoms with van der Waals surface area (Å²) in [5, 5.41) is 32.6. The predicted molar refractivity (Wildman–Crippen MR) is 161 cm³/mol. The highest BCUT2D eigenvalue weighted by Crippen LogP contribution is 2.37. The molecule has 8 heteroatoms. The Morgan fingerprint density at radius 1 is 0.825 bits per heavy atom. The number of aliphatic hydroxyl groups is 2. The zero-order chi connectivity index (χ0) is 27.7. The molecule has 1 aliphatic rings. The number of aryl methyl sites for hydroxylation is 2. The molecular formula is C32H42N6O2. The van der Waals surface area contributed by atoms with Crippen LogP contribution < -0.4 is 16.0 Å². The van der Waals surface area contributed by atoms with Crippen LogP contribution in [0.15, 0.2) is 73.2 Å². The van der Waals surface area contributed by atoms with Crippen molar-refractivity contribution in [2.75, 3.05) is 38.5 Å². The molecular weight excluding hydrogens is 500 g/mol. The van der Waals surface area contributed by atoms with Gasteiger partial charge in [0.25, 0.3) is 0 Å². The molecule has 1 fully saturated rings. The van der Waals surface area contributed by atoms with E-state index < -0.39 is 12.2 Å². The topological polar surface area (TPSA) is 107 Å². The van der Waals surface area contributed by atoms with E-state index in [0.29, 0.717) is 13.0 Å². The van der Waals surface area contributed by atoms with Crippen molar-refractivity contribution in [2.45, 2.75) is 50.4 Å². The Labute approximate surface area is 236 Å². The van der Waals surface area contributed by atoms with Gasteiger partial charge in [-0.2, -0.15) is 0 Å². The minimum Gasteiger partial charge on any atom is -0.390 e. The molecule has 0 saturated heterocycles. The van der Waals surface area contributed by atoms with E-state index in [4.69, 9.17) is 0 Å². The summed E-state index contributed by atoms with van der Waals surface area (Å²) >= 11 is 0. The second-order valence-corrected chi connectivity index (χ2v) is 10.8. The van der Waals surface area contributed by atoms with Crippen molar-refractivity contribution in [3.05, 3.63) is 89.9 Å². The van der Waals surface area contributed by atoms with Gasteiger partial charge in [0, 0.05) is 25.7 Å². The number of hydrogen-bond acceptors (Lipinski definition) is 7. The lowest BCUT2D eigenvalue weighted by molar-refractivity contribution is 0.00694. The van der Waals surface area contributed by atoms with E-state index in [9.17, 15) is 10.2 Å². The van der Waals surface area contributed by atoms with Gasteiger partial charge in [-0.15, -0.1) is 0 Å². The first-order valence-corrected chi connectivity index (χ1v) is 14.5. The highest BCUT2D eigenvalue weighted by Gasteiger charge is 2.42. The van der Waals surface area contributed by atoms with Gasteiger partial charge in [-0.05, 0) is 74.5 Å². The Morgan fingerprint density at radius 2 is 1.57 bits per heavy atom. The van der Waals surface area contributed by atoms with E-state index in [1.165, 1.54) is 23.0 Å². The van der Waals surface area contributed by atoms with E-state index >= 15 is 0 Å². The monoisotopic (exact) mass is 542 g/mol. The highest BCUT2D eigenvalue weighted by atomic mass is 16.3. The van der Waals surface area contributed by atoms with E-state index in [1.807, 2.05) is 23.9 Å². The predicted octanol–water partition coefficient (Wildman–Crippen LogP) is 3.35. The first-order chi connectivity index (χ1) is 19.6. The summed E-state index contributed by atoms with van der Waals surface area (Å²) in [5.74, 6) is 0.751. The second-order valence-electron chi connectivity index (χ2n) is 10.8. The smallest absolute Gasteiger partial charge is 0.145 e. The van der Waals surface area contributed by atoms with Crippen molar-refractivity contribution in [3.63, 3.8) is 0 Å². The summed E-state index contributed by atoms with van der Waals surface area (Å²) < 4.78 is 1.98. The van der Waals surface area contributed by atoms with E-state index in [-0.39, 0.29) is 12.0 Å². The lowest BCUT2D eigenvalue weighted by Gasteiger charge is -2.19. The summed E-state index contributed by atoms with van der Waals surface area (Å²) in [4.78, 5) is 8.69. The van der Waals surface area contributed by atoms with Crippen molar-refractivity contribution in [1.82, 2.24) is 25.2 Å². The molecule has 2 heterocycles. The number of aromatic nitrogens is 3. The van der Waals surface area contributed by atoms with Gasteiger partial charge < -0.3 is 30.7 Å². The molecule has 5 rings (SSSR count). The first kappa shape index (κ1) is 28.2. The fourth-order valence-corrected chi connectivity index (χ4v) is 5.87.